The minimum atomic E-state index is 0.377. The van der Waals surface area contributed by atoms with Gasteiger partial charge in [-0.15, -0.1) is 0 Å². The molecule has 2 rings (SSSR count). The molecule has 0 unspecified atom stereocenters. The normalized spacial score (nSPS) is 10.4. The van der Waals surface area contributed by atoms with Gasteiger partial charge in [0.15, 0.2) is 0 Å². The van der Waals surface area contributed by atoms with Crippen LogP contribution in [0.25, 0.3) is 11.3 Å². The average molecular weight is 210 g/mol. The highest BCUT2D eigenvalue weighted by Gasteiger charge is 2.10. The third-order valence-corrected chi connectivity index (χ3v) is 2.67. The van der Waals surface area contributed by atoms with Crippen molar-refractivity contribution in [2.24, 2.45) is 5.73 Å². The molecule has 0 radical (unpaired) electrons. The lowest BCUT2D eigenvalue weighted by Crippen LogP contribution is -1.95. The van der Waals surface area contributed by atoms with Crippen LogP contribution in [0.3, 0.4) is 0 Å². The maximum Gasteiger partial charge on any atom is 0.273 e. The number of nitrogens with two attached hydrogens (primary N) is 1. The number of furan rings is 1. The highest BCUT2D eigenvalue weighted by Crippen LogP contribution is 2.28. The van der Waals surface area contributed by atoms with Crippen LogP contribution in [0.4, 0.5) is 0 Å². The second-order valence-corrected chi connectivity index (χ2v) is 3.48. The number of hydrogen-bond acceptors (Lipinski definition) is 5. The first-order valence-electron chi connectivity index (χ1n) is 4.11. The fourth-order valence-electron chi connectivity index (χ4n) is 1.20. The molecular formula is C9H10N2O2S. The van der Waals surface area contributed by atoms with Gasteiger partial charge < -0.3 is 14.9 Å². The van der Waals surface area contributed by atoms with Crippen LogP contribution in [0.1, 0.15) is 5.76 Å². The summed E-state index contributed by atoms with van der Waals surface area (Å²) in [5.74, 6) is 0.748. The Morgan fingerprint density at radius 1 is 1.64 bits per heavy atom. The predicted molar refractivity (Wildman–Crippen MR) is 54.3 cm³/mol. The lowest BCUT2D eigenvalue weighted by molar-refractivity contribution is 0.412. The van der Waals surface area contributed by atoms with Crippen molar-refractivity contribution in [2.75, 3.05) is 7.11 Å². The number of nitrogens with zero attached hydrogens (tertiary/aromatic N) is 1. The molecule has 0 aliphatic rings. The van der Waals surface area contributed by atoms with Gasteiger partial charge in [-0.3, -0.25) is 0 Å². The minimum Gasteiger partial charge on any atom is -0.473 e. The number of aromatic nitrogens is 1. The van der Waals surface area contributed by atoms with E-state index in [4.69, 9.17) is 14.9 Å². The smallest absolute Gasteiger partial charge is 0.273 e. The van der Waals surface area contributed by atoms with E-state index < -0.39 is 0 Å². The summed E-state index contributed by atoms with van der Waals surface area (Å²) in [6, 6.07) is 1.86. The Hall–Kier alpha value is -1.33. The van der Waals surface area contributed by atoms with E-state index in [9.17, 15) is 0 Å². The Morgan fingerprint density at radius 3 is 3.14 bits per heavy atom. The van der Waals surface area contributed by atoms with Gasteiger partial charge in [0.05, 0.1) is 25.6 Å². The summed E-state index contributed by atoms with van der Waals surface area (Å²) in [4.78, 5) is 4.26. The molecule has 0 atom stereocenters. The zero-order valence-electron chi connectivity index (χ0n) is 7.69. The van der Waals surface area contributed by atoms with Crippen molar-refractivity contribution in [3.05, 3.63) is 23.5 Å². The summed E-state index contributed by atoms with van der Waals surface area (Å²) in [7, 11) is 1.60. The van der Waals surface area contributed by atoms with Gasteiger partial charge in [0.2, 0.25) is 0 Å². The molecule has 0 fully saturated rings. The monoisotopic (exact) mass is 210 g/mol. The van der Waals surface area contributed by atoms with E-state index in [1.807, 2.05) is 11.4 Å². The summed E-state index contributed by atoms with van der Waals surface area (Å²) in [6.45, 7) is 0.377. The summed E-state index contributed by atoms with van der Waals surface area (Å²) < 4.78 is 10.2. The lowest BCUT2D eigenvalue weighted by Gasteiger charge is -1.94. The zero-order chi connectivity index (χ0) is 9.97. The van der Waals surface area contributed by atoms with Gasteiger partial charge in [-0.1, -0.05) is 11.3 Å². The molecular weight excluding hydrogens is 200 g/mol. The second-order valence-electron chi connectivity index (χ2n) is 2.66. The van der Waals surface area contributed by atoms with Crippen molar-refractivity contribution < 1.29 is 9.15 Å². The molecule has 0 spiro atoms. The molecule has 0 aliphatic carbocycles. The third-order valence-electron chi connectivity index (χ3n) is 1.86. The van der Waals surface area contributed by atoms with Crippen molar-refractivity contribution in [2.45, 2.75) is 6.54 Å². The van der Waals surface area contributed by atoms with Crippen LogP contribution in [0.5, 0.6) is 5.19 Å². The van der Waals surface area contributed by atoms with Crippen molar-refractivity contribution in [3.8, 4) is 16.5 Å². The third kappa shape index (κ3) is 1.51. The molecule has 2 heterocycles. The minimum absolute atomic E-state index is 0.377. The molecule has 4 nitrogen and oxygen atoms in total. The first kappa shape index (κ1) is 9.23. The Labute approximate surface area is 85.3 Å². The van der Waals surface area contributed by atoms with E-state index in [1.54, 1.807) is 13.4 Å². The van der Waals surface area contributed by atoms with Gasteiger partial charge in [0, 0.05) is 10.9 Å². The van der Waals surface area contributed by atoms with Crippen molar-refractivity contribution in [1.29, 1.82) is 0 Å². The summed E-state index contributed by atoms with van der Waals surface area (Å²) in [5.41, 5.74) is 7.31. The van der Waals surface area contributed by atoms with Crippen molar-refractivity contribution in [1.82, 2.24) is 4.98 Å². The highest BCUT2D eigenvalue weighted by molar-refractivity contribution is 7.11. The van der Waals surface area contributed by atoms with E-state index >= 15 is 0 Å². The largest absolute Gasteiger partial charge is 0.473 e. The number of rotatable bonds is 3. The first-order chi connectivity index (χ1) is 6.85. The maximum atomic E-state index is 5.52. The lowest BCUT2D eigenvalue weighted by atomic mass is 10.2. The van der Waals surface area contributed by atoms with E-state index in [0.717, 1.165) is 17.0 Å². The van der Waals surface area contributed by atoms with Crippen LogP contribution in [0.15, 0.2) is 22.1 Å². The van der Waals surface area contributed by atoms with Crippen molar-refractivity contribution >= 4 is 11.3 Å². The van der Waals surface area contributed by atoms with E-state index in [2.05, 4.69) is 4.98 Å². The van der Waals surface area contributed by atoms with Gasteiger partial charge in [0.25, 0.3) is 5.19 Å². The predicted octanol–water partition coefficient (Wildman–Crippen LogP) is 1.87. The number of methoxy groups -OCH3 is 1. The summed E-state index contributed by atoms with van der Waals surface area (Å²) in [6.07, 6.45) is 1.61. The molecule has 14 heavy (non-hydrogen) atoms. The molecule has 0 bridgehead atoms. The summed E-state index contributed by atoms with van der Waals surface area (Å²) >= 11 is 1.45. The maximum absolute atomic E-state index is 5.52. The number of ether oxygens (including phenoxy) is 1. The molecule has 0 aliphatic heterocycles. The number of thiazole rings is 1. The van der Waals surface area contributed by atoms with Gasteiger partial charge in [-0.05, 0) is 6.07 Å². The average Bonchev–Trinajstić information content (AvgIpc) is 2.85. The van der Waals surface area contributed by atoms with Gasteiger partial charge in [-0.25, -0.2) is 4.98 Å². The first-order valence-corrected chi connectivity index (χ1v) is 4.99. The Bertz CT molecular complexity index is 422. The quantitative estimate of drug-likeness (QED) is 0.840. The second kappa shape index (κ2) is 3.81. The van der Waals surface area contributed by atoms with Crippen LogP contribution in [-0.2, 0) is 6.54 Å². The Morgan fingerprint density at radius 2 is 2.50 bits per heavy atom. The molecule has 0 saturated carbocycles. The molecule has 2 aromatic heterocycles. The van der Waals surface area contributed by atoms with Crippen molar-refractivity contribution in [3.63, 3.8) is 0 Å². The topological polar surface area (TPSA) is 61.3 Å². The summed E-state index contributed by atoms with van der Waals surface area (Å²) in [5, 5.41) is 2.56. The van der Waals surface area contributed by atoms with Crippen LogP contribution in [0, 0.1) is 0 Å². The van der Waals surface area contributed by atoms with E-state index in [1.165, 1.54) is 11.3 Å². The highest BCUT2D eigenvalue weighted by atomic mass is 32.1. The molecule has 5 heteroatoms. The van der Waals surface area contributed by atoms with Gasteiger partial charge in [0.1, 0.15) is 5.76 Å². The van der Waals surface area contributed by atoms with Crippen LogP contribution < -0.4 is 10.5 Å². The molecule has 2 N–H and O–H groups in total. The van der Waals surface area contributed by atoms with E-state index in [-0.39, 0.29) is 0 Å². The van der Waals surface area contributed by atoms with E-state index in [0.29, 0.717) is 11.7 Å². The zero-order valence-corrected chi connectivity index (χ0v) is 8.50. The molecule has 0 saturated heterocycles. The van der Waals surface area contributed by atoms with Gasteiger partial charge in [-0.2, -0.15) is 0 Å². The van der Waals surface area contributed by atoms with Gasteiger partial charge >= 0.3 is 0 Å². The fourth-order valence-corrected chi connectivity index (χ4v) is 1.84. The standard InChI is InChI=1S/C9H10N2O2S/c1-12-9-11-7(5-14-9)6-2-3-13-8(6)4-10/h2-3,5H,4,10H2,1H3. The molecule has 0 aromatic carbocycles. The molecule has 2 aromatic rings. The van der Waals surface area contributed by atoms with Crippen LogP contribution in [-0.4, -0.2) is 12.1 Å². The Balaban J connectivity index is 2.38. The molecule has 74 valence electrons. The SMILES string of the molecule is COc1nc(-c2ccoc2CN)cs1. The number of hydrogen-bond donors (Lipinski definition) is 1. The van der Waals surface area contributed by atoms with Crippen LogP contribution in [0.2, 0.25) is 0 Å². The van der Waals surface area contributed by atoms with Crippen LogP contribution >= 0.6 is 11.3 Å². The molecule has 0 amide bonds. The Kier molecular flexibility index (Phi) is 2.51. The fraction of sp³-hybridized carbons (Fsp3) is 0.222.